The zero-order valence-electron chi connectivity index (χ0n) is 17.2. The van der Waals surface area contributed by atoms with Crippen molar-refractivity contribution < 1.29 is 17.6 Å². The number of hydrogen-bond acceptors (Lipinski definition) is 3. The predicted molar refractivity (Wildman–Crippen MR) is 113 cm³/mol. The summed E-state index contributed by atoms with van der Waals surface area (Å²) in [5.41, 5.74) is 2.37. The second-order valence-electron chi connectivity index (χ2n) is 7.54. The van der Waals surface area contributed by atoms with Gasteiger partial charge in [-0.1, -0.05) is 54.1 Å². The van der Waals surface area contributed by atoms with Gasteiger partial charge in [-0.15, -0.1) is 0 Å². The second-order valence-corrected chi connectivity index (χ2v) is 7.54. The first-order valence-electron chi connectivity index (χ1n) is 9.98. The number of rotatable bonds is 5. The summed E-state index contributed by atoms with van der Waals surface area (Å²) in [6.45, 7) is 1.99. The van der Waals surface area contributed by atoms with Crippen molar-refractivity contribution in [3.63, 3.8) is 0 Å². The fraction of sp³-hybridized carbons (Fsp3) is 0.160. The Morgan fingerprint density at radius 3 is 1.84 bits per heavy atom. The molecule has 32 heavy (non-hydrogen) atoms. The van der Waals surface area contributed by atoms with Crippen molar-refractivity contribution in [2.45, 2.75) is 25.9 Å². The van der Waals surface area contributed by atoms with Gasteiger partial charge in [0.05, 0.1) is 5.56 Å². The second kappa shape index (κ2) is 8.86. The van der Waals surface area contributed by atoms with E-state index in [0.29, 0.717) is 24.5 Å². The molecule has 3 nitrogen and oxygen atoms in total. The lowest BCUT2D eigenvalue weighted by Crippen LogP contribution is -2.08. The summed E-state index contributed by atoms with van der Waals surface area (Å²) in [7, 11) is 0. The van der Waals surface area contributed by atoms with Gasteiger partial charge in [0.2, 0.25) is 0 Å². The quantitative estimate of drug-likeness (QED) is 0.350. The van der Waals surface area contributed by atoms with Gasteiger partial charge in [0, 0.05) is 18.4 Å². The molecular formula is C25H19F4N3. The maximum Gasteiger partial charge on any atom is 0.416 e. The summed E-state index contributed by atoms with van der Waals surface area (Å²) in [4.78, 5) is 13.4. The van der Waals surface area contributed by atoms with Gasteiger partial charge in [-0.25, -0.2) is 19.3 Å². The Bertz CT molecular complexity index is 1150. The lowest BCUT2D eigenvalue weighted by atomic mass is 10.1. The van der Waals surface area contributed by atoms with E-state index in [9.17, 15) is 17.6 Å². The topological polar surface area (TPSA) is 38.7 Å². The van der Waals surface area contributed by atoms with Crippen molar-refractivity contribution in [3.05, 3.63) is 113 Å². The van der Waals surface area contributed by atoms with Gasteiger partial charge in [0.1, 0.15) is 17.5 Å². The Balaban J connectivity index is 1.74. The molecule has 0 bridgehead atoms. The van der Waals surface area contributed by atoms with Gasteiger partial charge in [-0.2, -0.15) is 13.2 Å². The smallest absolute Gasteiger partial charge is 0.217 e. The highest BCUT2D eigenvalue weighted by atomic mass is 19.4. The lowest BCUT2D eigenvalue weighted by molar-refractivity contribution is -0.137. The van der Waals surface area contributed by atoms with Gasteiger partial charge in [-0.3, -0.25) is 0 Å². The first kappa shape index (κ1) is 21.6. The van der Waals surface area contributed by atoms with Crippen molar-refractivity contribution in [2.24, 2.45) is 0 Å². The van der Waals surface area contributed by atoms with Crippen LogP contribution in [0.5, 0.6) is 0 Å². The summed E-state index contributed by atoms with van der Waals surface area (Å²) < 4.78 is 52.8. The number of aryl methyl sites for hydroxylation is 1. The molecule has 0 radical (unpaired) electrons. The molecule has 0 N–H and O–H groups in total. The van der Waals surface area contributed by atoms with Crippen LogP contribution in [0.1, 0.15) is 33.9 Å². The highest BCUT2D eigenvalue weighted by Gasteiger charge is 2.30. The molecule has 0 saturated carbocycles. The van der Waals surface area contributed by atoms with Crippen LogP contribution in [-0.4, -0.2) is 15.0 Å². The zero-order valence-corrected chi connectivity index (χ0v) is 17.2. The molecule has 0 amide bonds. The zero-order chi connectivity index (χ0) is 22.7. The Labute approximate surface area is 182 Å². The number of hydrogen-bond donors (Lipinski definition) is 0. The van der Waals surface area contributed by atoms with Gasteiger partial charge >= 0.3 is 6.18 Å². The lowest BCUT2D eigenvalue weighted by Gasteiger charge is -2.11. The SMILES string of the molecule is Cc1ccc(Cc2nc(Cc3ccc(F)cc3)nc(-c3cccc(C(F)(F)F)c3)n2)cc1. The monoisotopic (exact) mass is 437 g/mol. The molecule has 0 aliphatic carbocycles. The molecule has 7 heteroatoms. The number of aromatic nitrogens is 3. The van der Waals surface area contributed by atoms with E-state index in [2.05, 4.69) is 15.0 Å². The molecule has 3 aromatic carbocycles. The molecule has 1 aromatic heterocycles. The van der Waals surface area contributed by atoms with E-state index in [1.807, 2.05) is 31.2 Å². The largest absolute Gasteiger partial charge is 0.416 e. The fourth-order valence-electron chi connectivity index (χ4n) is 3.26. The van der Waals surface area contributed by atoms with Gasteiger partial charge in [0.25, 0.3) is 0 Å². The van der Waals surface area contributed by atoms with Gasteiger partial charge in [0.15, 0.2) is 5.82 Å². The van der Waals surface area contributed by atoms with Crippen molar-refractivity contribution in [2.75, 3.05) is 0 Å². The van der Waals surface area contributed by atoms with E-state index < -0.39 is 11.7 Å². The third-order valence-electron chi connectivity index (χ3n) is 4.93. The van der Waals surface area contributed by atoms with Gasteiger partial charge < -0.3 is 0 Å². The number of benzene rings is 3. The maximum absolute atomic E-state index is 13.2. The summed E-state index contributed by atoms with van der Waals surface area (Å²) in [5.74, 6) is 0.675. The molecule has 0 aliphatic heterocycles. The van der Waals surface area contributed by atoms with E-state index >= 15 is 0 Å². The van der Waals surface area contributed by atoms with Crippen molar-refractivity contribution >= 4 is 0 Å². The first-order chi connectivity index (χ1) is 15.3. The molecule has 162 valence electrons. The van der Waals surface area contributed by atoms with E-state index in [1.54, 1.807) is 18.2 Å². The molecule has 1 heterocycles. The van der Waals surface area contributed by atoms with Crippen molar-refractivity contribution in [1.29, 1.82) is 0 Å². The predicted octanol–water partition coefficient (Wildman–Crippen LogP) is 6.19. The third-order valence-corrected chi connectivity index (χ3v) is 4.93. The highest BCUT2D eigenvalue weighted by Crippen LogP contribution is 2.31. The standard InChI is InChI=1S/C25H19F4N3/c1-16-5-7-17(8-6-16)13-22-30-23(14-18-9-11-21(26)12-10-18)32-24(31-22)19-3-2-4-20(15-19)25(27,28)29/h2-12,15H,13-14H2,1H3. The summed E-state index contributed by atoms with van der Waals surface area (Å²) in [5, 5.41) is 0. The van der Waals surface area contributed by atoms with Crippen LogP contribution in [0.2, 0.25) is 0 Å². The van der Waals surface area contributed by atoms with E-state index in [-0.39, 0.29) is 17.2 Å². The molecule has 0 unspecified atom stereocenters. The third kappa shape index (κ3) is 5.35. The Hall–Kier alpha value is -3.61. The fourth-order valence-corrected chi connectivity index (χ4v) is 3.26. The highest BCUT2D eigenvalue weighted by molar-refractivity contribution is 5.56. The summed E-state index contributed by atoms with van der Waals surface area (Å²) in [6.07, 6.45) is -3.76. The molecule has 4 rings (SSSR count). The number of halogens is 4. The van der Waals surface area contributed by atoms with E-state index in [4.69, 9.17) is 0 Å². The van der Waals surface area contributed by atoms with Crippen LogP contribution in [0.25, 0.3) is 11.4 Å². The van der Waals surface area contributed by atoms with Crippen LogP contribution in [0.4, 0.5) is 17.6 Å². The molecule has 0 atom stereocenters. The minimum absolute atomic E-state index is 0.172. The minimum Gasteiger partial charge on any atom is -0.217 e. The van der Waals surface area contributed by atoms with Crippen LogP contribution in [0, 0.1) is 12.7 Å². The number of nitrogens with zero attached hydrogens (tertiary/aromatic N) is 3. The summed E-state index contributed by atoms with van der Waals surface area (Å²) >= 11 is 0. The van der Waals surface area contributed by atoms with Crippen LogP contribution >= 0.6 is 0 Å². The Kier molecular flexibility index (Phi) is 5.99. The van der Waals surface area contributed by atoms with Crippen molar-refractivity contribution in [1.82, 2.24) is 15.0 Å². The Morgan fingerprint density at radius 2 is 1.28 bits per heavy atom. The average molecular weight is 437 g/mol. The van der Waals surface area contributed by atoms with E-state index in [1.165, 1.54) is 18.2 Å². The first-order valence-corrected chi connectivity index (χ1v) is 9.98. The molecular weight excluding hydrogens is 418 g/mol. The summed E-state index contributed by atoms with van der Waals surface area (Å²) in [6, 6.07) is 18.7. The molecule has 0 aliphatic rings. The number of alkyl halides is 3. The van der Waals surface area contributed by atoms with Crippen LogP contribution < -0.4 is 0 Å². The van der Waals surface area contributed by atoms with Crippen molar-refractivity contribution in [3.8, 4) is 11.4 Å². The van der Waals surface area contributed by atoms with Crippen LogP contribution in [0.15, 0.2) is 72.8 Å². The maximum atomic E-state index is 13.2. The minimum atomic E-state index is -4.47. The molecule has 0 spiro atoms. The average Bonchev–Trinajstić information content (AvgIpc) is 2.76. The molecule has 4 aromatic rings. The molecule has 0 saturated heterocycles. The Morgan fingerprint density at radius 1 is 0.719 bits per heavy atom. The van der Waals surface area contributed by atoms with Gasteiger partial charge in [-0.05, 0) is 42.3 Å². The van der Waals surface area contributed by atoms with E-state index in [0.717, 1.165) is 28.8 Å². The normalized spacial score (nSPS) is 11.5. The van der Waals surface area contributed by atoms with Crippen LogP contribution in [-0.2, 0) is 19.0 Å². The van der Waals surface area contributed by atoms with Crippen LogP contribution in [0.3, 0.4) is 0 Å². The molecule has 0 fully saturated rings.